The fraction of sp³-hybridized carbons (Fsp3) is 0.0714. The predicted molar refractivity (Wildman–Crippen MR) is 72.1 cm³/mol. The first-order chi connectivity index (χ1) is 9.06. The van der Waals surface area contributed by atoms with Crippen LogP contribution in [-0.4, -0.2) is 11.1 Å². The van der Waals surface area contributed by atoms with Crippen molar-refractivity contribution in [2.24, 2.45) is 0 Å². The van der Waals surface area contributed by atoms with Crippen LogP contribution in [0.15, 0.2) is 42.5 Å². The summed E-state index contributed by atoms with van der Waals surface area (Å²) >= 11 is 5.84. The Labute approximate surface area is 114 Å². The maximum absolute atomic E-state index is 13.0. The topological polar surface area (TPSA) is 49.3 Å². The number of anilines is 1. The fourth-order valence-electron chi connectivity index (χ4n) is 1.69. The molecule has 5 heteroatoms. The summed E-state index contributed by atoms with van der Waals surface area (Å²) in [5.41, 5.74) is 1.25. The van der Waals surface area contributed by atoms with Gasteiger partial charge >= 0.3 is 5.97 Å². The third kappa shape index (κ3) is 3.45. The average Bonchev–Trinajstić information content (AvgIpc) is 2.36. The number of hydrogen-bond donors (Lipinski definition) is 2. The molecular formula is C14H11ClFNO2. The highest BCUT2D eigenvalue weighted by molar-refractivity contribution is 6.31. The Morgan fingerprint density at radius 3 is 2.74 bits per heavy atom. The van der Waals surface area contributed by atoms with E-state index in [2.05, 4.69) is 5.32 Å². The first-order valence-electron chi connectivity index (χ1n) is 5.57. The molecule has 3 nitrogen and oxygen atoms in total. The molecule has 98 valence electrons. The zero-order valence-electron chi connectivity index (χ0n) is 9.86. The van der Waals surface area contributed by atoms with Crippen molar-refractivity contribution in [1.82, 2.24) is 0 Å². The maximum Gasteiger partial charge on any atom is 0.337 e. The lowest BCUT2D eigenvalue weighted by Crippen LogP contribution is -2.06. The Hall–Kier alpha value is -2.07. The van der Waals surface area contributed by atoms with E-state index in [0.717, 1.165) is 5.56 Å². The van der Waals surface area contributed by atoms with Crippen molar-refractivity contribution in [3.05, 3.63) is 64.4 Å². The van der Waals surface area contributed by atoms with Gasteiger partial charge in [0, 0.05) is 11.6 Å². The van der Waals surface area contributed by atoms with Crippen LogP contribution in [0.4, 0.5) is 10.1 Å². The highest BCUT2D eigenvalue weighted by Gasteiger charge is 2.10. The molecule has 2 rings (SSSR count). The summed E-state index contributed by atoms with van der Waals surface area (Å²) in [6.45, 7) is 0.318. The van der Waals surface area contributed by atoms with Crippen LogP contribution in [0.2, 0.25) is 5.02 Å². The van der Waals surface area contributed by atoms with Gasteiger partial charge in [0.05, 0.1) is 11.3 Å². The molecule has 0 aliphatic carbocycles. The number of aromatic carboxylic acids is 1. The zero-order chi connectivity index (χ0) is 13.8. The summed E-state index contributed by atoms with van der Waals surface area (Å²) in [7, 11) is 0. The monoisotopic (exact) mass is 279 g/mol. The first kappa shape index (κ1) is 13.4. The van der Waals surface area contributed by atoms with Crippen LogP contribution >= 0.6 is 11.6 Å². The molecular weight excluding hydrogens is 269 g/mol. The lowest BCUT2D eigenvalue weighted by Gasteiger charge is -2.10. The molecule has 0 amide bonds. The minimum absolute atomic E-state index is 0.126. The van der Waals surface area contributed by atoms with Gasteiger partial charge in [0.2, 0.25) is 0 Å². The van der Waals surface area contributed by atoms with Gasteiger partial charge in [-0.05, 0) is 35.9 Å². The molecule has 0 fully saturated rings. The van der Waals surface area contributed by atoms with Gasteiger partial charge in [-0.25, -0.2) is 9.18 Å². The van der Waals surface area contributed by atoms with Gasteiger partial charge in [0.25, 0.3) is 0 Å². The van der Waals surface area contributed by atoms with Crippen molar-refractivity contribution in [1.29, 1.82) is 0 Å². The second-order valence-electron chi connectivity index (χ2n) is 3.98. The number of carboxylic acids is 1. The Morgan fingerprint density at radius 2 is 2.05 bits per heavy atom. The van der Waals surface area contributed by atoms with Crippen LogP contribution in [0.3, 0.4) is 0 Å². The van der Waals surface area contributed by atoms with Gasteiger partial charge in [0.15, 0.2) is 0 Å². The van der Waals surface area contributed by atoms with E-state index in [9.17, 15) is 9.18 Å². The van der Waals surface area contributed by atoms with Crippen molar-refractivity contribution in [3.8, 4) is 0 Å². The van der Waals surface area contributed by atoms with Gasteiger partial charge in [-0.15, -0.1) is 0 Å². The Balaban J connectivity index is 2.19. The third-order valence-electron chi connectivity index (χ3n) is 2.58. The lowest BCUT2D eigenvalue weighted by atomic mass is 10.1. The molecule has 2 aromatic rings. The number of rotatable bonds is 4. The molecule has 2 aromatic carbocycles. The summed E-state index contributed by atoms with van der Waals surface area (Å²) < 4.78 is 13.0. The first-order valence-corrected chi connectivity index (χ1v) is 5.95. The molecule has 0 spiro atoms. The van der Waals surface area contributed by atoms with Crippen LogP contribution in [0.25, 0.3) is 0 Å². The smallest absolute Gasteiger partial charge is 0.337 e. The van der Waals surface area contributed by atoms with E-state index in [1.807, 2.05) is 0 Å². The SMILES string of the molecule is O=C(O)c1ccc(Cl)cc1NCc1cccc(F)c1. The maximum atomic E-state index is 13.0. The summed E-state index contributed by atoms with van der Waals surface area (Å²) in [5, 5.41) is 12.4. The molecule has 0 bridgehead atoms. The number of nitrogens with one attached hydrogen (secondary N) is 1. The van der Waals surface area contributed by atoms with Crippen molar-refractivity contribution in [3.63, 3.8) is 0 Å². The van der Waals surface area contributed by atoms with Crippen molar-refractivity contribution >= 4 is 23.3 Å². The highest BCUT2D eigenvalue weighted by atomic mass is 35.5. The lowest BCUT2D eigenvalue weighted by molar-refractivity contribution is 0.0698. The molecule has 0 aliphatic rings. The van der Waals surface area contributed by atoms with Crippen LogP contribution in [0.1, 0.15) is 15.9 Å². The predicted octanol–water partition coefficient (Wildman–Crippen LogP) is 3.79. The molecule has 0 atom stereocenters. The van der Waals surface area contributed by atoms with E-state index < -0.39 is 5.97 Å². The Morgan fingerprint density at radius 1 is 1.26 bits per heavy atom. The fourth-order valence-corrected chi connectivity index (χ4v) is 1.87. The molecule has 0 radical (unpaired) electrons. The summed E-state index contributed by atoms with van der Waals surface area (Å²) in [4.78, 5) is 11.1. The molecule has 2 N–H and O–H groups in total. The van der Waals surface area contributed by atoms with E-state index in [0.29, 0.717) is 17.3 Å². The molecule has 0 unspecified atom stereocenters. The normalized spacial score (nSPS) is 10.2. The van der Waals surface area contributed by atoms with Crippen molar-refractivity contribution in [2.75, 3.05) is 5.32 Å². The Kier molecular flexibility index (Phi) is 4.02. The van der Waals surface area contributed by atoms with E-state index in [4.69, 9.17) is 16.7 Å². The molecule has 0 aromatic heterocycles. The van der Waals surface area contributed by atoms with Gasteiger partial charge in [-0.1, -0.05) is 23.7 Å². The summed E-state index contributed by atoms with van der Waals surface area (Å²) in [5.74, 6) is -1.37. The van der Waals surface area contributed by atoms with Gasteiger partial charge in [-0.3, -0.25) is 0 Å². The second kappa shape index (κ2) is 5.71. The van der Waals surface area contributed by atoms with Crippen LogP contribution in [-0.2, 0) is 6.54 Å². The van der Waals surface area contributed by atoms with Crippen LogP contribution in [0.5, 0.6) is 0 Å². The van der Waals surface area contributed by atoms with Crippen LogP contribution in [0, 0.1) is 5.82 Å². The minimum Gasteiger partial charge on any atom is -0.478 e. The van der Waals surface area contributed by atoms with E-state index in [-0.39, 0.29) is 11.4 Å². The number of hydrogen-bond acceptors (Lipinski definition) is 2. The quantitative estimate of drug-likeness (QED) is 0.895. The van der Waals surface area contributed by atoms with Gasteiger partial charge in [0.1, 0.15) is 5.82 Å². The van der Waals surface area contributed by atoms with Gasteiger partial charge < -0.3 is 10.4 Å². The number of carboxylic acid groups (broad SMARTS) is 1. The second-order valence-corrected chi connectivity index (χ2v) is 4.41. The van der Waals surface area contributed by atoms with Crippen molar-refractivity contribution < 1.29 is 14.3 Å². The number of halogens is 2. The zero-order valence-corrected chi connectivity index (χ0v) is 10.6. The third-order valence-corrected chi connectivity index (χ3v) is 2.82. The largest absolute Gasteiger partial charge is 0.478 e. The minimum atomic E-state index is -1.04. The number of benzene rings is 2. The molecule has 0 saturated heterocycles. The number of carbonyl (C=O) groups is 1. The van der Waals surface area contributed by atoms with Crippen molar-refractivity contribution in [2.45, 2.75) is 6.54 Å². The van der Waals surface area contributed by atoms with E-state index in [1.54, 1.807) is 12.1 Å². The molecule has 0 aliphatic heterocycles. The van der Waals surface area contributed by atoms with Crippen LogP contribution < -0.4 is 5.32 Å². The standard InChI is InChI=1S/C14H11ClFNO2/c15-10-4-5-12(14(18)19)13(7-10)17-8-9-2-1-3-11(16)6-9/h1-7,17H,8H2,(H,18,19). The molecule has 0 saturated carbocycles. The van der Waals surface area contributed by atoms with E-state index >= 15 is 0 Å². The average molecular weight is 280 g/mol. The van der Waals surface area contributed by atoms with E-state index in [1.165, 1.54) is 30.3 Å². The molecule has 19 heavy (non-hydrogen) atoms. The summed E-state index contributed by atoms with van der Waals surface area (Å²) in [6.07, 6.45) is 0. The van der Waals surface area contributed by atoms with Gasteiger partial charge in [-0.2, -0.15) is 0 Å². The molecule has 0 heterocycles. The highest BCUT2D eigenvalue weighted by Crippen LogP contribution is 2.22. The Bertz CT molecular complexity index is 616. The summed E-state index contributed by atoms with van der Waals surface area (Å²) in [6, 6.07) is 10.6.